The lowest BCUT2D eigenvalue weighted by Gasteiger charge is -2.17. The molecule has 98 valence electrons. The Bertz CT molecular complexity index is 582. The molecule has 4 nitrogen and oxygen atoms in total. The van der Waals surface area contributed by atoms with Crippen LogP contribution in [0.4, 0.5) is 5.69 Å². The summed E-state index contributed by atoms with van der Waals surface area (Å²) in [5.41, 5.74) is 3.25. The molecule has 19 heavy (non-hydrogen) atoms. The van der Waals surface area contributed by atoms with Crippen molar-refractivity contribution in [2.45, 2.75) is 19.9 Å². The van der Waals surface area contributed by atoms with E-state index in [9.17, 15) is 4.79 Å². The topological polar surface area (TPSA) is 62.2 Å². The predicted molar refractivity (Wildman–Crippen MR) is 74.4 cm³/mol. The lowest BCUT2D eigenvalue weighted by Crippen LogP contribution is -2.09. The molecule has 1 atom stereocenters. The average Bonchev–Trinajstić information content (AvgIpc) is 2.42. The summed E-state index contributed by atoms with van der Waals surface area (Å²) in [6, 6.07) is 9.05. The van der Waals surface area contributed by atoms with Gasteiger partial charge in [0.25, 0.3) is 0 Å². The van der Waals surface area contributed by atoms with Crippen molar-refractivity contribution in [2.75, 3.05) is 5.32 Å². The van der Waals surface area contributed by atoms with Gasteiger partial charge in [0.05, 0.1) is 5.56 Å². The number of benzene rings is 1. The van der Waals surface area contributed by atoms with Crippen LogP contribution in [0.5, 0.6) is 0 Å². The molecular formula is C15H16N2O2. The molecule has 0 aliphatic rings. The van der Waals surface area contributed by atoms with Gasteiger partial charge < -0.3 is 10.4 Å². The van der Waals surface area contributed by atoms with E-state index in [2.05, 4.69) is 10.3 Å². The fourth-order valence-electron chi connectivity index (χ4n) is 1.88. The zero-order chi connectivity index (χ0) is 13.8. The first-order chi connectivity index (χ1) is 9.08. The number of nitrogens with zero attached hydrogens (tertiary/aromatic N) is 1. The van der Waals surface area contributed by atoms with Crippen LogP contribution in [0.2, 0.25) is 0 Å². The predicted octanol–water partition coefficient (Wildman–Crippen LogP) is 3.26. The molecule has 1 heterocycles. The van der Waals surface area contributed by atoms with Crippen LogP contribution in [0.1, 0.15) is 34.5 Å². The molecule has 0 saturated carbocycles. The Hall–Kier alpha value is -2.36. The fourth-order valence-corrected chi connectivity index (χ4v) is 1.88. The van der Waals surface area contributed by atoms with E-state index in [1.165, 1.54) is 0 Å². The largest absolute Gasteiger partial charge is 0.478 e. The number of aromatic carboxylic acids is 1. The van der Waals surface area contributed by atoms with Gasteiger partial charge in [-0.2, -0.15) is 0 Å². The van der Waals surface area contributed by atoms with Crippen LogP contribution in [0, 0.1) is 6.92 Å². The highest BCUT2D eigenvalue weighted by molar-refractivity contribution is 5.89. The molecule has 0 radical (unpaired) electrons. The third-order valence-corrected chi connectivity index (χ3v) is 3.06. The summed E-state index contributed by atoms with van der Waals surface area (Å²) in [5, 5.41) is 12.3. The standard InChI is InChI=1S/C15H16N2O2/c1-10-3-4-13(15(18)19)9-14(10)17-11(2)12-5-7-16-8-6-12/h3-9,11,17H,1-2H3,(H,18,19). The number of rotatable bonds is 4. The minimum Gasteiger partial charge on any atom is -0.478 e. The van der Waals surface area contributed by atoms with Gasteiger partial charge in [-0.25, -0.2) is 4.79 Å². The Balaban J connectivity index is 2.23. The van der Waals surface area contributed by atoms with E-state index in [4.69, 9.17) is 5.11 Å². The molecule has 0 amide bonds. The Morgan fingerprint density at radius 2 is 1.95 bits per heavy atom. The van der Waals surface area contributed by atoms with Gasteiger partial charge in [0.1, 0.15) is 0 Å². The highest BCUT2D eigenvalue weighted by atomic mass is 16.4. The van der Waals surface area contributed by atoms with Gasteiger partial charge >= 0.3 is 5.97 Å². The van der Waals surface area contributed by atoms with Crippen LogP contribution in [0.25, 0.3) is 0 Å². The van der Waals surface area contributed by atoms with Gasteiger partial charge in [-0.05, 0) is 49.2 Å². The second-order valence-electron chi connectivity index (χ2n) is 4.48. The zero-order valence-corrected chi connectivity index (χ0v) is 10.9. The summed E-state index contributed by atoms with van der Waals surface area (Å²) in [6.45, 7) is 3.98. The van der Waals surface area contributed by atoms with Crippen molar-refractivity contribution in [3.63, 3.8) is 0 Å². The highest BCUT2D eigenvalue weighted by Gasteiger charge is 2.09. The minimum absolute atomic E-state index is 0.0887. The molecule has 2 aromatic rings. The lowest BCUT2D eigenvalue weighted by molar-refractivity contribution is 0.0697. The van der Waals surface area contributed by atoms with Gasteiger partial charge in [-0.1, -0.05) is 6.07 Å². The molecule has 0 fully saturated rings. The molecule has 0 aliphatic heterocycles. The first-order valence-corrected chi connectivity index (χ1v) is 6.08. The molecule has 2 N–H and O–H groups in total. The van der Waals surface area contributed by atoms with Gasteiger partial charge in [0.2, 0.25) is 0 Å². The van der Waals surface area contributed by atoms with Crippen LogP contribution in [0.3, 0.4) is 0 Å². The maximum atomic E-state index is 11.0. The number of aryl methyl sites for hydroxylation is 1. The molecule has 0 bridgehead atoms. The smallest absolute Gasteiger partial charge is 0.335 e. The van der Waals surface area contributed by atoms with Crippen molar-refractivity contribution in [3.05, 3.63) is 59.4 Å². The summed E-state index contributed by atoms with van der Waals surface area (Å²) < 4.78 is 0. The number of carboxylic acid groups (broad SMARTS) is 1. The summed E-state index contributed by atoms with van der Waals surface area (Å²) in [5.74, 6) is -0.917. The number of aromatic nitrogens is 1. The fraction of sp³-hybridized carbons (Fsp3) is 0.200. The second kappa shape index (κ2) is 5.52. The third kappa shape index (κ3) is 3.10. The maximum Gasteiger partial charge on any atom is 0.335 e. The lowest BCUT2D eigenvalue weighted by atomic mass is 10.1. The van der Waals surface area contributed by atoms with E-state index in [0.29, 0.717) is 0 Å². The first-order valence-electron chi connectivity index (χ1n) is 6.08. The molecule has 0 aliphatic carbocycles. The number of carboxylic acids is 1. The van der Waals surface area contributed by atoms with Crippen molar-refractivity contribution < 1.29 is 9.90 Å². The van der Waals surface area contributed by atoms with E-state index < -0.39 is 5.97 Å². The van der Waals surface area contributed by atoms with Gasteiger partial charge in [-0.15, -0.1) is 0 Å². The summed E-state index contributed by atoms with van der Waals surface area (Å²) >= 11 is 0. The molecule has 2 rings (SSSR count). The Labute approximate surface area is 112 Å². The zero-order valence-electron chi connectivity index (χ0n) is 10.9. The molecule has 4 heteroatoms. The van der Waals surface area contributed by atoms with Gasteiger partial charge in [-0.3, -0.25) is 4.98 Å². The maximum absolute atomic E-state index is 11.0. The molecular weight excluding hydrogens is 240 g/mol. The number of hydrogen-bond donors (Lipinski definition) is 2. The molecule has 1 unspecified atom stereocenters. The van der Waals surface area contributed by atoms with Crippen LogP contribution in [0.15, 0.2) is 42.7 Å². The van der Waals surface area contributed by atoms with Gasteiger partial charge in [0, 0.05) is 24.1 Å². The normalized spacial score (nSPS) is 11.9. The molecule has 1 aromatic carbocycles. The summed E-state index contributed by atoms with van der Waals surface area (Å²) in [4.78, 5) is 15.0. The van der Waals surface area contributed by atoms with Crippen LogP contribution >= 0.6 is 0 Å². The van der Waals surface area contributed by atoms with Crippen LogP contribution < -0.4 is 5.32 Å². The van der Waals surface area contributed by atoms with E-state index >= 15 is 0 Å². The number of pyridine rings is 1. The van der Waals surface area contributed by atoms with Crippen LogP contribution in [-0.4, -0.2) is 16.1 Å². The average molecular weight is 256 g/mol. The van der Waals surface area contributed by atoms with Crippen molar-refractivity contribution in [3.8, 4) is 0 Å². The van der Waals surface area contributed by atoms with Gasteiger partial charge in [0.15, 0.2) is 0 Å². The quantitative estimate of drug-likeness (QED) is 0.881. The van der Waals surface area contributed by atoms with E-state index in [-0.39, 0.29) is 11.6 Å². The Kier molecular flexibility index (Phi) is 3.80. The van der Waals surface area contributed by atoms with E-state index in [1.54, 1.807) is 24.5 Å². The Morgan fingerprint density at radius 3 is 2.58 bits per heavy atom. The van der Waals surface area contributed by atoms with E-state index in [1.807, 2.05) is 32.0 Å². The number of hydrogen-bond acceptors (Lipinski definition) is 3. The Morgan fingerprint density at radius 1 is 1.26 bits per heavy atom. The van der Waals surface area contributed by atoms with Crippen molar-refractivity contribution in [2.24, 2.45) is 0 Å². The third-order valence-electron chi connectivity index (χ3n) is 3.06. The second-order valence-corrected chi connectivity index (χ2v) is 4.48. The summed E-state index contributed by atoms with van der Waals surface area (Å²) in [6.07, 6.45) is 3.49. The molecule has 0 spiro atoms. The SMILES string of the molecule is Cc1ccc(C(=O)O)cc1NC(C)c1ccncc1. The first kappa shape index (κ1) is 13.1. The van der Waals surface area contributed by atoms with E-state index in [0.717, 1.165) is 16.8 Å². The molecule has 0 saturated heterocycles. The monoisotopic (exact) mass is 256 g/mol. The van der Waals surface area contributed by atoms with Crippen molar-refractivity contribution >= 4 is 11.7 Å². The van der Waals surface area contributed by atoms with Crippen LogP contribution in [-0.2, 0) is 0 Å². The molecule has 1 aromatic heterocycles. The number of nitrogens with one attached hydrogen (secondary N) is 1. The van der Waals surface area contributed by atoms with Crippen molar-refractivity contribution in [1.29, 1.82) is 0 Å². The highest BCUT2D eigenvalue weighted by Crippen LogP contribution is 2.23. The summed E-state index contributed by atoms with van der Waals surface area (Å²) in [7, 11) is 0. The van der Waals surface area contributed by atoms with Crippen molar-refractivity contribution in [1.82, 2.24) is 4.98 Å². The number of anilines is 1. The number of carbonyl (C=O) groups is 1. The minimum atomic E-state index is -0.917.